The van der Waals surface area contributed by atoms with Crippen LogP contribution in [0.4, 0.5) is 4.39 Å². The van der Waals surface area contributed by atoms with Crippen LogP contribution in [0.15, 0.2) is 48.7 Å². The zero-order valence-corrected chi connectivity index (χ0v) is 10.4. The molecule has 1 aromatic heterocycles. The van der Waals surface area contributed by atoms with Gasteiger partial charge >= 0.3 is 0 Å². The maximum absolute atomic E-state index is 12.9. The maximum atomic E-state index is 12.9. The van der Waals surface area contributed by atoms with Crippen LogP contribution in [0.3, 0.4) is 0 Å². The molecule has 1 N–H and O–H groups in total. The highest BCUT2D eigenvalue weighted by atomic mass is 19.1. The Hall–Kier alpha value is -2.93. The fourth-order valence-electron chi connectivity index (χ4n) is 2.13. The van der Waals surface area contributed by atoms with Crippen LogP contribution in [0, 0.1) is 17.1 Å². The number of nitrogens with one attached hydrogen (secondary N) is 1. The fraction of sp³-hybridized carbons (Fsp3) is 0. The number of nitriles is 1. The van der Waals surface area contributed by atoms with Crippen LogP contribution in [0.5, 0.6) is 0 Å². The van der Waals surface area contributed by atoms with E-state index in [0.29, 0.717) is 22.1 Å². The zero-order chi connectivity index (χ0) is 14.1. The van der Waals surface area contributed by atoms with E-state index in [4.69, 9.17) is 5.26 Å². The number of rotatable bonds is 2. The molecule has 0 aliphatic rings. The number of carbonyl (C=O) groups is 1. The number of hydrogen-bond acceptors (Lipinski definition) is 2. The number of halogens is 1. The predicted molar refractivity (Wildman–Crippen MR) is 72.8 cm³/mol. The topological polar surface area (TPSA) is 56.6 Å². The molecule has 2 aromatic carbocycles. The van der Waals surface area contributed by atoms with Crippen LogP contribution in [-0.4, -0.2) is 10.8 Å². The summed E-state index contributed by atoms with van der Waals surface area (Å²) >= 11 is 0. The van der Waals surface area contributed by atoms with Crippen molar-refractivity contribution in [3.63, 3.8) is 0 Å². The molecule has 96 valence electrons. The number of nitrogens with zero attached hydrogens (tertiary/aromatic N) is 1. The van der Waals surface area contributed by atoms with Crippen LogP contribution in [0.25, 0.3) is 10.9 Å². The molecule has 4 heteroatoms. The van der Waals surface area contributed by atoms with Gasteiger partial charge in [-0.2, -0.15) is 5.26 Å². The molecule has 0 spiro atoms. The molecule has 20 heavy (non-hydrogen) atoms. The Labute approximate surface area is 114 Å². The molecule has 0 bridgehead atoms. The molecular weight excluding hydrogens is 255 g/mol. The largest absolute Gasteiger partial charge is 0.360 e. The van der Waals surface area contributed by atoms with Crippen LogP contribution in [0.2, 0.25) is 0 Å². The van der Waals surface area contributed by atoms with Crippen molar-refractivity contribution in [2.75, 3.05) is 0 Å². The molecule has 0 atom stereocenters. The van der Waals surface area contributed by atoms with Gasteiger partial charge in [0.2, 0.25) is 0 Å². The molecule has 0 saturated heterocycles. The molecule has 3 aromatic rings. The Kier molecular flexibility index (Phi) is 2.81. The minimum Gasteiger partial charge on any atom is -0.360 e. The summed E-state index contributed by atoms with van der Waals surface area (Å²) in [6, 6.07) is 12.6. The van der Waals surface area contributed by atoms with Crippen molar-refractivity contribution in [2.24, 2.45) is 0 Å². The van der Waals surface area contributed by atoms with Crippen molar-refractivity contribution in [3.05, 3.63) is 71.2 Å². The highest BCUT2D eigenvalue weighted by Gasteiger charge is 2.14. The van der Waals surface area contributed by atoms with E-state index in [0.717, 1.165) is 5.52 Å². The van der Waals surface area contributed by atoms with Gasteiger partial charge in [-0.3, -0.25) is 4.79 Å². The highest BCUT2D eigenvalue weighted by Crippen LogP contribution is 2.22. The zero-order valence-electron chi connectivity index (χ0n) is 10.4. The van der Waals surface area contributed by atoms with E-state index in [1.807, 2.05) is 6.07 Å². The lowest BCUT2D eigenvalue weighted by Gasteiger charge is -2.00. The van der Waals surface area contributed by atoms with Crippen LogP contribution in [0.1, 0.15) is 21.5 Å². The van der Waals surface area contributed by atoms with Crippen molar-refractivity contribution in [1.29, 1.82) is 5.26 Å². The summed E-state index contributed by atoms with van der Waals surface area (Å²) in [4.78, 5) is 15.4. The molecule has 0 aliphatic carbocycles. The first kappa shape index (κ1) is 12.1. The predicted octanol–water partition coefficient (Wildman–Crippen LogP) is 3.41. The number of aromatic amines is 1. The summed E-state index contributed by atoms with van der Waals surface area (Å²) in [6.07, 6.45) is 1.61. The van der Waals surface area contributed by atoms with Gasteiger partial charge in [0.15, 0.2) is 5.78 Å². The van der Waals surface area contributed by atoms with Crippen molar-refractivity contribution < 1.29 is 9.18 Å². The van der Waals surface area contributed by atoms with Gasteiger partial charge in [0.25, 0.3) is 0 Å². The van der Waals surface area contributed by atoms with Crippen molar-refractivity contribution in [1.82, 2.24) is 4.98 Å². The van der Waals surface area contributed by atoms with Gasteiger partial charge in [0, 0.05) is 28.2 Å². The van der Waals surface area contributed by atoms with E-state index in [9.17, 15) is 9.18 Å². The number of hydrogen-bond donors (Lipinski definition) is 1. The summed E-state index contributed by atoms with van der Waals surface area (Å²) in [7, 11) is 0. The van der Waals surface area contributed by atoms with Gasteiger partial charge in [-0.1, -0.05) is 0 Å². The van der Waals surface area contributed by atoms with Gasteiger partial charge in [0.05, 0.1) is 11.6 Å². The summed E-state index contributed by atoms with van der Waals surface area (Å²) in [6.45, 7) is 0. The number of ketones is 1. The molecular formula is C16H9FN2O. The molecule has 3 rings (SSSR count). The first-order valence-electron chi connectivity index (χ1n) is 6.00. The minimum absolute atomic E-state index is 0.202. The highest BCUT2D eigenvalue weighted by molar-refractivity contribution is 6.16. The summed E-state index contributed by atoms with van der Waals surface area (Å²) in [5, 5.41) is 9.62. The Morgan fingerprint density at radius 3 is 2.60 bits per heavy atom. The molecule has 0 saturated carbocycles. The van der Waals surface area contributed by atoms with Gasteiger partial charge in [-0.05, 0) is 42.5 Å². The van der Waals surface area contributed by atoms with E-state index < -0.39 is 0 Å². The van der Waals surface area contributed by atoms with E-state index in [2.05, 4.69) is 4.98 Å². The fourth-order valence-corrected chi connectivity index (χ4v) is 2.13. The summed E-state index contributed by atoms with van der Waals surface area (Å²) in [5.41, 5.74) is 2.16. The molecule has 1 heterocycles. The van der Waals surface area contributed by atoms with E-state index in [1.165, 1.54) is 24.3 Å². The van der Waals surface area contributed by atoms with E-state index >= 15 is 0 Å². The van der Waals surface area contributed by atoms with Crippen LogP contribution < -0.4 is 0 Å². The van der Waals surface area contributed by atoms with E-state index in [-0.39, 0.29) is 11.6 Å². The first-order valence-corrected chi connectivity index (χ1v) is 6.00. The van der Waals surface area contributed by atoms with Crippen molar-refractivity contribution in [2.45, 2.75) is 0 Å². The maximum Gasteiger partial charge on any atom is 0.195 e. The van der Waals surface area contributed by atoms with Crippen molar-refractivity contribution >= 4 is 16.7 Å². The standard InChI is InChI=1S/C16H9FN2O/c17-12-4-2-11(3-5-12)16(20)14-9-19-15-6-1-10(8-18)7-13(14)15/h1-7,9,19H. The average molecular weight is 264 g/mol. The van der Waals surface area contributed by atoms with Crippen LogP contribution >= 0.6 is 0 Å². The number of benzene rings is 2. The third kappa shape index (κ3) is 1.95. The second kappa shape index (κ2) is 4.63. The van der Waals surface area contributed by atoms with Gasteiger partial charge < -0.3 is 4.98 Å². The Morgan fingerprint density at radius 1 is 1.15 bits per heavy atom. The lowest BCUT2D eigenvalue weighted by atomic mass is 10.0. The second-order valence-electron chi connectivity index (χ2n) is 4.41. The van der Waals surface area contributed by atoms with E-state index in [1.54, 1.807) is 24.4 Å². The summed E-state index contributed by atoms with van der Waals surface area (Å²) < 4.78 is 12.9. The van der Waals surface area contributed by atoms with Gasteiger partial charge in [-0.25, -0.2) is 4.39 Å². The lowest BCUT2D eigenvalue weighted by Crippen LogP contribution is -2.00. The Bertz CT molecular complexity index is 841. The van der Waals surface area contributed by atoms with Crippen molar-refractivity contribution in [3.8, 4) is 6.07 Å². The third-order valence-corrected chi connectivity index (χ3v) is 3.16. The monoisotopic (exact) mass is 264 g/mol. The number of aromatic nitrogens is 1. The lowest BCUT2D eigenvalue weighted by molar-refractivity contribution is 0.104. The molecule has 0 unspecified atom stereocenters. The molecule has 0 aliphatic heterocycles. The third-order valence-electron chi connectivity index (χ3n) is 3.16. The Balaban J connectivity index is 2.12. The average Bonchev–Trinajstić information content (AvgIpc) is 2.90. The summed E-state index contributed by atoms with van der Waals surface area (Å²) in [5.74, 6) is -0.585. The molecule has 0 fully saturated rings. The normalized spacial score (nSPS) is 10.4. The smallest absolute Gasteiger partial charge is 0.195 e. The molecule has 0 amide bonds. The molecule has 3 nitrogen and oxygen atoms in total. The second-order valence-corrected chi connectivity index (χ2v) is 4.41. The number of H-pyrrole nitrogens is 1. The quantitative estimate of drug-likeness (QED) is 0.721. The Morgan fingerprint density at radius 2 is 1.90 bits per heavy atom. The number of carbonyl (C=O) groups excluding carboxylic acids is 1. The van der Waals surface area contributed by atoms with Gasteiger partial charge in [0.1, 0.15) is 5.82 Å². The molecule has 0 radical (unpaired) electrons. The SMILES string of the molecule is N#Cc1ccc2[nH]cc(C(=O)c3ccc(F)cc3)c2c1. The first-order chi connectivity index (χ1) is 9.69. The minimum atomic E-state index is -0.382. The van der Waals surface area contributed by atoms with Gasteiger partial charge in [-0.15, -0.1) is 0 Å². The van der Waals surface area contributed by atoms with Crippen LogP contribution in [-0.2, 0) is 0 Å². The number of fused-ring (bicyclic) bond motifs is 1.